The highest BCUT2D eigenvalue weighted by Gasteiger charge is 2.28. The van der Waals surface area contributed by atoms with Crippen molar-refractivity contribution >= 4 is 5.91 Å². The van der Waals surface area contributed by atoms with E-state index in [1.165, 1.54) is 6.42 Å². The Kier molecular flexibility index (Phi) is 5.09. The van der Waals surface area contributed by atoms with Crippen molar-refractivity contribution < 1.29 is 4.79 Å². The van der Waals surface area contributed by atoms with Gasteiger partial charge in [0.25, 0.3) is 0 Å². The van der Waals surface area contributed by atoms with E-state index in [0.717, 1.165) is 32.2 Å². The molecular weight excluding hydrogens is 188 g/mol. The van der Waals surface area contributed by atoms with Crippen molar-refractivity contribution in [1.29, 1.82) is 0 Å². The summed E-state index contributed by atoms with van der Waals surface area (Å²) in [6, 6.07) is 0.388. The molecule has 1 fully saturated rings. The standard InChI is InChI=1S/C12H24N2O/c1-3-4-8-12(15)14-9-6-5-7-11(14)10(2)13/h10-11H,3-9,13H2,1-2H3. The van der Waals surface area contributed by atoms with E-state index < -0.39 is 0 Å². The van der Waals surface area contributed by atoms with Crippen LogP contribution in [0.2, 0.25) is 0 Å². The van der Waals surface area contributed by atoms with E-state index >= 15 is 0 Å². The lowest BCUT2D eigenvalue weighted by Gasteiger charge is -2.38. The molecule has 1 aliphatic rings. The molecule has 2 unspecified atom stereocenters. The SMILES string of the molecule is CCCCC(=O)N1CCCCC1C(C)N. The van der Waals surface area contributed by atoms with Crippen molar-refractivity contribution in [2.75, 3.05) is 6.54 Å². The van der Waals surface area contributed by atoms with Gasteiger partial charge in [-0.15, -0.1) is 0 Å². The topological polar surface area (TPSA) is 46.3 Å². The van der Waals surface area contributed by atoms with Gasteiger partial charge >= 0.3 is 0 Å². The summed E-state index contributed by atoms with van der Waals surface area (Å²) in [4.78, 5) is 14.0. The zero-order chi connectivity index (χ0) is 11.3. The molecule has 1 rings (SSSR count). The number of carbonyl (C=O) groups is 1. The molecule has 1 saturated heterocycles. The highest BCUT2D eigenvalue weighted by atomic mass is 16.2. The highest BCUT2D eigenvalue weighted by Crippen LogP contribution is 2.20. The molecule has 88 valence electrons. The van der Waals surface area contributed by atoms with E-state index in [1.54, 1.807) is 0 Å². The smallest absolute Gasteiger partial charge is 0.222 e. The van der Waals surface area contributed by atoms with Crippen molar-refractivity contribution in [1.82, 2.24) is 4.90 Å². The van der Waals surface area contributed by atoms with Crippen molar-refractivity contribution in [3.8, 4) is 0 Å². The Hall–Kier alpha value is -0.570. The van der Waals surface area contributed by atoms with Gasteiger partial charge in [-0.25, -0.2) is 0 Å². The number of likely N-dealkylation sites (tertiary alicyclic amines) is 1. The van der Waals surface area contributed by atoms with Crippen LogP contribution in [0.25, 0.3) is 0 Å². The summed E-state index contributed by atoms with van der Waals surface area (Å²) in [6.45, 7) is 5.04. The van der Waals surface area contributed by atoms with Gasteiger partial charge in [-0.05, 0) is 32.6 Å². The molecule has 0 aromatic carbocycles. The first-order valence-electron chi connectivity index (χ1n) is 6.22. The summed E-state index contributed by atoms with van der Waals surface area (Å²) in [6.07, 6.45) is 6.21. The Bertz CT molecular complexity index is 204. The van der Waals surface area contributed by atoms with Crippen LogP contribution < -0.4 is 5.73 Å². The number of amides is 1. The number of carbonyl (C=O) groups excluding carboxylic acids is 1. The maximum absolute atomic E-state index is 11.9. The monoisotopic (exact) mass is 212 g/mol. The third kappa shape index (κ3) is 3.49. The molecule has 2 atom stereocenters. The number of rotatable bonds is 4. The van der Waals surface area contributed by atoms with E-state index in [4.69, 9.17) is 5.73 Å². The fraction of sp³-hybridized carbons (Fsp3) is 0.917. The summed E-state index contributed by atoms with van der Waals surface area (Å²) in [7, 11) is 0. The third-order valence-corrected chi connectivity index (χ3v) is 3.22. The number of hydrogen-bond acceptors (Lipinski definition) is 2. The summed E-state index contributed by atoms with van der Waals surface area (Å²) in [5, 5.41) is 0. The second-order valence-electron chi connectivity index (χ2n) is 4.61. The molecule has 0 spiro atoms. The van der Waals surface area contributed by atoms with Crippen LogP contribution in [0, 0.1) is 0 Å². The lowest BCUT2D eigenvalue weighted by atomic mass is 9.96. The van der Waals surface area contributed by atoms with Crippen molar-refractivity contribution in [2.45, 2.75) is 64.5 Å². The van der Waals surface area contributed by atoms with E-state index in [2.05, 4.69) is 6.92 Å². The average molecular weight is 212 g/mol. The van der Waals surface area contributed by atoms with Crippen LogP contribution in [0.1, 0.15) is 52.4 Å². The Morgan fingerprint density at radius 2 is 2.27 bits per heavy atom. The van der Waals surface area contributed by atoms with Gasteiger partial charge in [0.1, 0.15) is 0 Å². The molecule has 2 N–H and O–H groups in total. The Morgan fingerprint density at radius 3 is 2.87 bits per heavy atom. The van der Waals surface area contributed by atoms with Crippen LogP contribution in [-0.4, -0.2) is 29.4 Å². The summed E-state index contributed by atoms with van der Waals surface area (Å²) < 4.78 is 0. The number of nitrogens with two attached hydrogens (primary N) is 1. The van der Waals surface area contributed by atoms with Crippen LogP contribution in [0.5, 0.6) is 0 Å². The maximum atomic E-state index is 11.9. The zero-order valence-corrected chi connectivity index (χ0v) is 10.0. The van der Waals surface area contributed by atoms with Gasteiger partial charge < -0.3 is 10.6 Å². The molecule has 3 heteroatoms. The first-order valence-corrected chi connectivity index (χ1v) is 6.22. The largest absolute Gasteiger partial charge is 0.338 e. The average Bonchev–Trinajstić information content (AvgIpc) is 2.25. The molecule has 0 bridgehead atoms. The fourth-order valence-electron chi connectivity index (χ4n) is 2.29. The second kappa shape index (κ2) is 6.11. The predicted molar refractivity (Wildman–Crippen MR) is 62.5 cm³/mol. The minimum Gasteiger partial charge on any atom is -0.338 e. The van der Waals surface area contributed by atoms with E-state index in [9.17, 15) is 4.79 Å². The lowest BCUT2D eigenvalue weighted by molar-refractivity contribution is -0.135. The highest BCUT2D eigenvalue weighted by molar-refractivity contribution is 5.76. The molecule has 0 aliphatic carbocycles. The first-order chi connectivity index (χ1) is 7.16. The molecule has 15 heavy (non-hydrogen) atoms. The van der Waals surface area contributed by atoms with Gasteiger partial charge in [-0.1, -0.05) is 13.3 Å². The van der Waals surface area contributed by atoms with Crippen molar-refractivity contribution in [2.24, 2.45) is 5.73 Å². The number of piperidine rings is 1. The van der Waals surface area contributed by atoms with Crippen LogP contribution in [0.15, 0.2) is 0 Å². The molecular formula is C12H24N2O. The van der Waals surface area contributed by atoms with Crippen LogP contribution in [0.3, 0.4) is 0 Å². The van der Waals surface area contributed by atoms with Gasteiger partial charge in [0.05, 0.1) is 0 Å². The molecule has 3 nitrogen and oxygen atoms in total. The zero-order valence-electron chi connectivity index (χ0n) is 10.0. The number of unbranched alkanes of at least 4 members (excludes halogenated alkanes) is 1. The van der Waals surface area contributed by atoms with E-state index in [0.29, 0.717) is 12.3 Å². The summed E-state index contributed by atoms with van der Waals surface area (Å²) >= 11 is 0. The third-order valence-electron chi connectivity index (χ3n) is 3.22. The van der Waals surface area contributed by atoms with Gasteiger partial charge in [0.2, 0.25) is 5.91 Å². The van der Waals surface area contributed by atoms with E-state index in [1.807, 2.05) is 11.8 Å². The fourth-order valence-corrected chi connectivity index (χ4v) is 2.29. The molecule has 0 saturated carbocycles. The van der Waals surface area contributed by atoms with Gasteiger partial charge in [0.15, 0.2) is 0 Å². The lowest BCUT2D eigenvalue weighted by Crippen LogP contribution is -2.51. The Morgan fingerprint density at radius 1 is 1.53 bits per heavy atom. The normalized spacial score (nSPS) is 23.9. The van der Waals surface area contributed by atoms with Crippen molar-refractivity contribution in [3.05, 3.63) is 0 Å². The summed E-state index contributed by atoms with van der Waals surface area (Å²) in [5.74, 6) is 0.304. The molecule has 1 heterocycles. The number of nitrogens with zero attached hydrogens (tertiary/aromatic N) is 1. The van der Waals surface area contributed by atoms with Crippen LogP contribution in [0.4, 0.5) is 0 Å². The Labute approximate surface area is 93.0 Å². The van der Waals surface area contributed by atoms with Gasteiger partial charge in [0, 0.05) is 25.0 Å². The minimum atomic E-state index is 0.107. The van der Waals surface area contributed by atoms with Gasteiger partial charge in [-0.2, -0.15) is 0 Å². The van der Waals surface area contributed by atoms with Gasteiger partial charge in [-0.3, -0.25) is 4.79 Å². The minimum absolute atomic E-state index is 0.107. The molecule has 0 aromatic rings. The molecule has 1 aliphatic heterocycles. The second-order valence-corrected chi connectivity index (χ2v) is 4.61. The van der Waals surface area contributed by atoms with E-state index in [-0.39, 0.29) is 12.1 Å². The summed E-state index contributed by atoms with van der Waals surface area (Å²) in [5.41, 5.74) is 5.93. The molecule has 0 radical (unpaired) electrons. The maximum Gasteiger partial charge on any atom is 0.222 e. The number of hydrogen-bond donors (Lipinski definition) is 1. The first kappa shape index (κ1) is 12.5. The Balaban J connectivity index is 2.51. The van der Waals surface area contributed by atoms with Crippen LogP contribution in [-0.2, 0) is 4.79 Å². The van der Waals surface area contributed by atoms with Crippen molar-refractivity contribution in [3.63, 3.8) is 0 Å². The van der Waals surface area contributed by atoms with Crippen LogP contribution >= 0.6 is 0 Å². The predicted octanol–water partition coefficient (Wildman–Crippen LogP) is 1.90. The molecule has 0 aromatic heterocycles. The molecule has 1 amide bonds. The quantitative estimate of drug-likeness (QED) is 0.773.